The highest BCUT2D eigenvalue weighted by Gasteiger charge is 2.38. The molecule has 16 heavy (non-hydrogen) atoms. The summed E-state index contributed by atoms with van der Waals surface area (Å²) in [6, 6.07) is 0. The van der Waals surface area contributed by atoms with E-state index in [4.69, 9.17) is 5.11 Å². The van der Waals surface area contributed by atoms with Crippen LogP contribution in [0.2, 0.25) is 0 Å². The molecule has 1 rings (SSSR count). The van der Waals surface area contributed by atoms with Crippen LogP contribution < -0.4 is 0 Å². The molecule has 0 aromatic carbocycles. The zero-order chi connectivity index (χ0) is 12.2. The summed E-state index contributed by atoms with van der Waals surface area (Å²) >= 11 is 0. The van der Waals surface area contributed by atoms with Gasteiger partial charge in [0.2, 0.25) is 0 Å². The molecule has 0 amide bonds. The fourth-order valence-corrected chi connectivity index (χ4v) is 1.47. The molecular weight excluding hydrogens is 216 g/mol. The standard InChI is InChI=1S/C10H16O6/c1-7(11)6-10(14)15-8(12)4-2-3-5-9(13)16-10/h7,11,14H,2-6H2,1H3. The Bertz CT molecular complexity index is 252. The van der Waals surface area contributed by atoms with Gasteiger partial charge < -0.3 is 19.7 Å². The molecule has 1 unspecified atom stereocenters. The molecule has 1 fully saturated rings. The van der Waals surface area contributed by atoms with E-state index in [0.717, 1.165) is 0 Å². The summed E-state index contributed by atoms with van der Waals surface area (Å²) < 4.78 is 9.31. The van der Waals surface area contributed by atoms with Crippen molar-refractivity contribution in [3.63, 3.8) is 0 Å². The molecular formula is C10H16O6. The molecule has 1 atom stereocenters. The quantitative estimate of drug-likeness (QED) is 0.654. The Morgan fingerprint density at radius 2 is 1.69 bits per heavy atom. The van der Waals surface area contributed by atoms with Gasteiger partial charge in [-0.25, -0.2) is 0 Å². The predicted octanol–water partition coefficient (Wildman–Crippen LogP) is 0.0638. The first kappa shape index (κ1) is 12.9. The number of hydrogen-bond donors (Lipinski definition) is 2. The molecule has 1 heterocycles. The van der Waals surface area contributed by atoms with Crippen molar-refractivity contribution in [1.29, 1.82) is 0 Å². The van der Waals surface area contributed by atoms with E-state index >= 15 is 0 Å². The minimum Gasteiger partial charge on any atom is -0.398 e. The van der Waals surface area contributed by atoms with Crippen LogP contribution in [0.3, 0.4) is 0 Å². The van der Waals surface area contributed by atoms with Crippen LogP contribution in [0.4, 0.5) is 0 Å². The summed E-state index contributed by atoms with van der Waals surface area (Å²) in [6.45, 7) is 1.40. The molecule has 0 spiro atoms. The molecule has 6 heteroatoms. The smallest absolute Gasteiger partial charge is 0.375 e. The highest BCUT2D eigenvalue weighted by Crippen LogP contribution is 2.21. The minimum atomic E-state index is -2.34. The lowest BCUT2D eigenvalue weighted by Crippen LogP contribution is -2.42. The number of ether oxygens (including phenoxy) is 2. The van der Waals surface area contributed by atoms with Gasteiger partial charge in [-0.1, -0.05) is 0 Å². The molecule has 0 aromatic rings. The second kappa shape index (κ2) is 5.27. The summed E-state index contributed by atoms with van der Waals surface area (Å²) in [7, 11) is 0. The van der Waals surface area contributed by atoms with E-state index in [0.29, 0.717) is 12.8 Å². The summed E-state index contributed by atoms with van der Waals surface area (Å²) in [5.41, 5.74) is 0. The number of aliphatic hydroxyl groups is 2. The van der Waals surface area contributed by atoms with Crippen molar-refractivity contribution in [2.24, 2.45) is 0 Å². The molecule has 0 aliphatic carbocycles. The van der Waals surface area contributed by atoms with Crippen molar-refractivity contribution in [2.45, 2.75) is 51.1 Å². The van der Waals surface area contributed by atoms with Crippen molar-refractivity contribution in [2.75, 3.05) is 0 Å². The Morgan fingerprint density at radius 1 is 1.25 bits per heavy atom. The SMILES string of the molecule is CC(O)CC1(O)OC(=O)CCCCC(=O)O1. The first-order chi connectivity index (χ1) is 7.41. The second-order valence-electron chi connectivity index (χ2n) is 3.92. The van der Waals surface area contributed by atoms with Gasteiger partial charge in [0.1, 0.15) is 0 Å². The van der Waals surface area contributed by atoms with Crippen LogP contribution >= 0.6 is 0 Å². The van der Waals surface area contributed by atoms with Crippen LogP contribution in [0.15, 0.2) is 0 Å². The van der Waals surface area contributed by atoms with E-state index in [-0.39, 0.29) is 19.3 Å². The van der Waals surface area contributed by atoms with Crippen molar-refractivity contribution >= 4 is 11.9 Å². The maximum atomic E-state index is 11.2. The monoisotopic (exact) mass is 232 g/mol. The lowest BCUT2D eigenvalue weighted by Gasteiger charge is -2.27. The third-order valence-corrected chi connectivity index (χ3v) is 2.11. The zero-order valence-corrected chi connectivity index (χ0v) is 9.14. The van der Waals surface area contributed by atoms with Crippen molar-refractivity contribution in [3.05, 3.63) is 0 Å². The average Bonchev–Trinajstić information content (AvgIpc) is 2.13. The van der Waals surface area contributed by atoms with Gasteiger partial charge in [0, 0.05) is 12.8 Å². The van der Waals surface area contributed by atoms with Crippen LogP contribution in [0.5, 0.6) is 0 Å². The van der Waals surface area contributed by atoms with Gasteiger partial charge in [-0.2, -0.15) is 0 Å². The summed E-state index contributed by atoms with van der Waals surface area (Å²) in [4.78, 5) is 22.5. The van der Waals surface area contributed by atoms with Crippen LogP contribution in [-0.4, -0.2) is 34.2 Å². The van der Waals surface area contributed by atoms with Gasteiger partial charge in [-0.15, -0.1) is 0 Å². The lowest BCUT2D eigenvalue weighted by molar-refractivity contribution is -0.332. The van der Waals surface area contributed by atoms with Gasteiger partial charge in [0.15, 0.2) is 0 Å². The largest absolute Gasteiger partial charge is 0.398 e. The minimum absolute atomic E-state index is 0.124. The lowest BCUT2D eigenvalue weighted by atomic mass is 10.2. The molecule has 1 saturated heterocycles. The topological polar surface area (TPSA) is 93.1 Å². The highest BCUT2D eigenvalue weighted by molar-refractivity contribution is 5.72. The third-order valence-electron chi connectivity index (χ3n) is 2.11. The van der Waals surface area contributed by atoms with Gasteiger partial charge in [0.25, 0.3) is 0 Å². The number of carbonyl (C=O) groups is 2. The Morgan fingerprint density at radius 3 is 2.06 bits per heavy atom. The maximum Gasteiger partial charge on any atom is 0.375 e. The first-order valence-corrected chi connectivity index (χ1v) is 5.25. The van der Waals surface area contributed by atoms with Gasteiger partial charge >= 0.3 is 17.9 Å². The molecule has 0 radical (unpaired) electrons. The molecule has 0 saturated carbocycles. The Balaban J connectivity index is 2.75. The van der Waals surface area contributed by atoms with Crippen LogP contribution in [0.1, 0.15) is 39.0 Å². The molecule has 92 valence electrons. The van der Waals surface area contributed by atoms with Gasteiger partial charge in [-0.3, -0.25) is 9.59 Å². The molecule has 2 N–H and O–H groups in total. The Kier molecular flexibility index (Phi) is 4.26. The molecule has 1 aliphatic rings. The normalized spacial score (nSPS) is 23.4. The van der Waals surface area contributed by atoms with E-state index in [9.17, 15) is 14.7 Å². The van der Waals surface area contributed by atoms with Crippen molar-refractivity contribution in [3.8, 4) is 0 Å². The third kappa shape index (κ3) is 4.16. The number of esters is 2. The zero-order valence-electron chi connectivity index (χ0n) is 9.14. The van der Waals surface area contributed by atoms with Crippen LogP contribution in [0, 0.1) is 0 Å². The summed E-state index contributed by atoms with van der Waals surface area (Å²) in [5.74, 6) is -3.62. The Hall–Kier alpha value is -1.14. The first-order valence-electron chi connectivity index (χ1n) is 5.25. The highest BCUT2D eigenvalue weighted by atomic mass is 16.8. The van der Waals surface area contributed by atoms with Crippen LogP contribution in [0.25, 0.3) is 0 Å². The number of carbonyl (C=O) groups excluding carboxylic acids is 2. The van der Waals surface area contributed by atoms with E-state index in [2.05, 4.69) is 9.47 Å². The van der Waals surface area contributed by atoms with Crippen molar-refractivity contribution < 1.29 is 29.3 Å². The van der Waals surface area contributed by atoms with E-state index in [1.165, 1.54) is 6.92 Å². The van der Waals surface area contributed by atoms with E-state index < -0.39 is 24.0 Å². The summed E-state index contributed by atoms with van der Waals surface area (Å²) in [6.07, 6.45) is -0.0364. The average molecular weight is 232 g/mol. The molecule has 1 aliphatic heterocycles. The number of cyclic esters (lactones) is 2. The predicted molar refractivity (Wildman–Crippen MR) is 51.9 cm³/mol. The van der Waals surface area contributed by atoms with E-state index in [1.54, 1.807) is 0 Å². The maximum absolute atomic E-state index is 11.2. The summed E-state index contributed by atoms with van der Waals surface area (Å²) in [5, 5.41) is 18.9. The Labute approximate surface area is 93.2 Å². The van der Waals surface area contributed by atoms with Crippen molar-refractivity contribution in [1.82, 2.24) is 0 Å². The second-order valence-corrected chi connectivity index (χ2v) is 3.92. The van der Waals surface area contributed by atoms with E-state index in [1.807, 2.05) is 0 Å². The fraction of sp³-hybridized carbons (Fsp3) is 0.800. The molecule has 6 nitrogen and oxygen atoms in total. The number of hydrogen-bond acceptors (Lipinski definition) is 6. The van der Waals surface area contributed by atoms with Crippen LogP contribution in [-0.2, 0) is 19.1 Å². The van der Waals surface area contributed by atoms with Gasteiger partial charge in [0.05, 0.1) is 12.5 Å². The number of rotatable bonds is 2. The number of aliphatic hydroxyl groups excluding tert-OH is 1. The fourth-order valence-electron chi connectivity index (χ4n) is 1.47. The molecule has 0 bridgehead atoms. The molecule has 0 aromatic heterocycles. The van der Waals surface area contributed by atoms with Gasteiger partial charge in [-0.05, 0) is 19.8 Å².